The molecule has 1 unspecified atom stereocenters. The van der Waals surface area contributed by atoms with E-state index in [1.54, 1.807) is 0 Å². The fraction of sp³-hybridized carbons (Fsp3) is 0.889. The van der Waals surface area contributed by atoms with Crippen LogP contribution in [0.1, 0.15) is 60.8 Å². The van der Waals surface area contributed by atoms with E-state index in [1.165, 1.54) is 0 Å². The maximum atomic E-state index is 6.11. The average molecular weight is 332 g/mol. The summed E-state index contributed by atoms with van der Waals surface area (Å²) in [6.07, 6.45) is 4.97. The summed E-state index contributed by atoms with van der Waals surface area (Å²) in [4.78, 5) is 2.44. The van der Waals surface area contributed by atoms with E-state index >= 15 is 0 Å². The quantitative estimate of drug-likeness (QED) is 0.455. The van der Waals surface area contributed by atoms with Crippen molar-refractivity contribution < 1.29 is 9.47 Å². The van der Waals surface area contributed by atoms with Gasteiger partial charge in [0, 0.05) is 30.4 Å². The molecule has 0 aromatic rings. The van der Waals surface area contributed by atoms with E-state index in [9.17, 15) is 0 Å². The molecule has 22 heavy (non-hydrogen) atoms. The van der Waals surface area contributed by atoms with Crippen molar-refractivity contribution in [2.24, 2.45) is 0 Å². The molecular weight excluding hydrogens is 298 g/mol. The van der Waals surface area contributed by atoms with Crippen molar-refractivity contribution in [1.82, 2.24) is 4.90 Å². The number of ether oxygens (including phenoxy) is 2. The smallest absolute Gasteiger partial charge is 0.126 e. The SMILES string of the molecule is CC(C)N(CCOCC(C)(C)OC1=CCC(Cl)CC1)C(C)C. The Hall–Kier alpha value is -0.250. The molecule has 130 valence electrons. The third kappa shape index (κ3) is 7.34. The summed E-state index contributed by atoms with van der Waals surface area (Å²) in [6, 6.07) is 1.09. The lowest BCUT2D eigenvalue weighted by Crippen LogP contribution is -2.40. The Morgan fingerprint density at radius 1 is 1.27 bits per heavy atom. The first-order valence-corrected chi connectivity index (χ1v) is 9.00. The van der Waals surface area contributed by atoms with Crippen molar-refractivity contribution in [2.75, 3.05) is 19.8 Å². The molecule has 0 aromatic carbocycles. The molecule has 0 aliphatic heterocycles. The van der Waals surface area contributed by atoms with Crippen LogP contribution in [0.2, 0.25) is 0 Å². The number of hydrogen-bond acceptors (Lipinski definition) is 3. The average Bonchev–Trinajstić information content (AvgIpc) is 2.40. The van der Waals surface area contributed by atoms with Crippen molar-refractivity contribution in [1.29, 1.82) is 0 Å². The molecule has 0 N–H and O–H groups in total. The van der Waals surface area contributed by atoms with Crippen LogP contribution in [0.25, 0.3) is 0 Å². The Morgan fingerprint density at radius 3 is 2.41 bits per heavy atom. The first-order chi connectivity index (χ1) is 10.2. The second kappa shape index (κ2) is 9.14. The van der Waals surface area contributed by atoms with Crippen LogP contribution in [0.3, 0.4) is 0 Å². The first-order valence-electron chi connectivity index (χ1n) is 8.57. The molecule has 1 aliphatic carbocycles. The van der Waals surface area contributed by atoms with Crippen molar-refractivity contribution in [3.8, 4) is 0 Å². The van der Waals surface area contributed by atoms with Crippen LogP contribution in [0.15, 0.2) is 11.8 Å². The van der Waals surface area contributed by atoms with Gasteiger partial charge in [0.2, 0.25) is 0 Å². The van der Waals surface area contributed by atoms with E-state index in [1.807, 2.05) is 0 Å². The standard InChI is InChI=1S/C18H34ClNO2/c1-14(2)20(15(3)4)11-12-21-13-18(5,6)22-17-9-7-16(19)8-10-17/h9,14-16H,7-8,10-13H2,1-6H3. The van der Waals surface area contributed by atoms with E-state index in [4.69, 9.17) is 21.1 Å². The lowest BCUT2D eigenvalue weighted by atomic mass is 10.0. The van der Waals surface area contributed by atoms with Gasteiger partial charge in [-0.15, -0.1) is 11.6 Å². The summed E-state index contributed by atoms with van der Waals surface area (Å²) in [6.45, 7) is 15.4. The minimum Gasteiger partial charge on any atom is -0.490 e. The molecule has 3 nitrogen and oxygen atoms in total. The van der Waals surface area contributed by atoms with Gasteiger partial charge in [-0.25, -0.2) is 0 Å². The molecule has 1 rings (SSSR count). The summed E-state index contributed by atoms with van der Waals surface area (Å²) in [5, 5.41) is 0.268. The zero-order chi connectivity index (χ0) is 16.8. The van der Waals surface area contributed by atoms with Crippen LogP contribution in [-0.4, -0.2) is 47.7 Å². The summed E-state index contributed by atoms with van der Waals surface area (Å²) < 4.78 is 12.0. The summed E-state index contributed by atoms with van der Waals surface area (Å²) in [7, 11) is 0. The molecule has 0 fully saturated rings. The molecule has 0 amide bonds. The fourth-order valence-electron chi connectivity index (χ4n) is 2.86. The van der Waals surface area contributed by atoms with Crippen LogP contribution in [0.4, 0.5) is 0 Å². The topological polar surface area (TPSA) is 21.7 Å². The van der Waals surface area contributed by atoms with Gasteiger partial charge in [0.15, 0.2) is 0 Å². The van der Waals surface area contributed by atoms with E-state index < -0.39 is 0 Å². The van der Waals surface area contributed by atoms with Gasteiger partial charge >= 0.3 is 0 Å². The monoisotopic (exact) mass is 331 g/mol. The van der Waals surface area contributed by atoms with Crippen molar-refractivity contribution in [3.05, 3.63) is 11.8 Å². The maximum absolute atomic E-state index is 6.11. The Morgan fingerprint density at radius 2 is 1.91 bits per heavy atom. The Labute approximate surface area is 142 Å². The Kier molecular flexibility index (Phi) is 8.23. The van der Waals surface area contributed by atoms with Gasteiger partial charge in [0.05, 0.1) is 19.0 Å². The van der Waals surface area contributed by atoms with Crippen molar-refractivity contribution in [3.63, 3.8) is 0 Å². The van der Waals surface area contributed by atoms with Crippen molar-refractivity contribution in [2.45, 2.75) is 83.9 Å². The number of rotatable bonds is 9. The van der Waals surface area contributed by atoms with Crippen LogP contribution in [0, 0.1) is 0 Å². The highest BCUT2D eigenvalue weighted by Crippen LogP contribution is 2.26. The van der Waals surface area contributed by atoms with Gasteiger partial charge in [-0.05, 0) is 60.5 Å². The third-order valence-corrected chi connectivity index (χ3v) is 4.38. The lowest BCUT2D eigenvalue weighted by Gasteiger charge is -2.32. The number of halogens is 1. The Balaban J connectivity index is 2.30. The largest absolute Gasteiger partial charge is 0.490 e. The molecule has 0 aromatic heterocycles. The zero-order valence-electron chi connectivity index (χ0n) is 15.2. The number of alkyl halides is 1. The first kappa shape index (κ1) is 19.8. The molecule has 0 bridgehead atoms. The molecule has 0 radical (unpaired) electrons. The molecular formula is C18H34ClNO2. The summed E-state index contributed by atoms with van der Waals surface area (Å²) in [5.74, 6) is 1.07. The summed E-state index contributed by atoms with van der Waals surface area (Å²) in [5.41, 5.74) is -0.286. The zero-order valence-corrected chi connectivity index (χ0v) is 15.9. The van der Waals surface area contributed by atoms with Gasteiger partial charge in [0.25, 0.3) is 0 Å². The minimum absolute atomic E-state index is 0.268. The minimum atomic E-state index is -0.286. The predicted molar refractivity (Wildman–Crippen MR) is 94.5 cm³/mol. The normalized spacial score (nSPS) is 19.9. The highest BCUT2D eigenvalue weighted by molar-refractivity contribution is 6.20. The molecule has 0 heterocycles. The van der Waals surface area contributed by atoms with Gasteiger partial charge in [-0.2, -0.15) is 0 Å². The predicted octanol–water partition coefficient (Wildman–Crippen LogP) is 4.59. The second-order valence-corrected chi connectivity index (χ2v) is 8.00. The van der Waals surface area contributed by atoms with E-state index in [-0.39, 0.29) is 11.0 Å². The van der Waals surface area contributed by atoms with Crippen molar-refractivity contribution >= 4 is 11.6 Å². The van der Waals surface area contributed by atoms with E-state index in [0.29, 0.717) is 18.7 Å². The summed E-state index contributed by atoms with van der Waals surface area (Å²) >= 11 is 6.11. The number of allylic oxidation sites excluding steroid dienone is 2. The molecule has 0 spiro atoms. The van der Waals surface area contributed by atoms with E-state index in [0.717, 1.165) is 38.2 Å². The Bertz CT molecular complexity index is 345. The fourth-order valence-corrected chi connectivity index (χ4v) is 3.05. The molecule has 1 atom stereocenters. The maximum Gasteiger partial charge on any atom is 0.126 e. The van der Waals surface area contributed by atoms with Gasteiger partial charge in [-0.3, -0.25) is 4.90 Å². The van der Waals surface area contributed by atoms with E-state index in [2.05, 4.69) is 52.5 Å². The molecule has 0 saturated heterocycles. The molecule has 0 saturated carbocycles. The molecule has 4 heteroatoms. The molecule has 1 aliphatic rings. The highest BCUT2D eigenvalue weighted by Gasteiger charge is 2.23. The van der Waals surface area contributed by atoms with Crippen LogP contribution in [0.5, 0.6) is 0 Å². The second-order valence-electron chi connectivity index (χ2n) is 7.38. The number of nitrogens with zero attached hydrogens (tertiary/aromatic N) is 1. The highest BCUT2D eigenvalue weighted by atomic mass is 35.5. The third-order valence-electron chi connectivity index (χ3n) is 3.98. The van der Waals surface area contributed by atoms with Crippen LogP contribution < -0.4 is 0 Å². The van der Waals surface area contributed by atoms with Gasteiger partial charge in [-0.1, -0.05) is 0 Å². The van der Waals surface area contributed by atoms with Gasteiger partial charge < -0.3 is 9.47 Å². The van der Waals surface area contributed by atoms with Crippen LogP contribution >= 0.6 is 11.6 Å². The van der Waals surface area contributed by atoms with Gasteiger partial charge in [0.1, 0.15) is 5.60 Å². The van der Waals surface area contributed by atoms with Crippen LogP contribution in [-0.2, 0) is 9.47 Å². The number of hydrogen-bond donors (Lipinski definition) is 0. The lowest BCUT2D eigenvalue weighted by molar-refractivity contribution is -0.0519.